The fourth-order valence-corrected chi connectivity index (χ4v) is 14.2. The van der Waals surface area contributed by atoms with Crippen molar-refractivity contribution in [2.24, 2.45) is 0 Å². The number of hydrogen-bond acceptors (Lipinski definition) is 2. The number of hydrogen-bond donors (Lipinski definition) is 1. The molecule has 0 aromatic heterocycles. The van der Waals surface area contributed by atoms with Crippen molar-refractivity contribution in [3.8, 4) is 0 Å². The van der Waals surface area contributed by atoms with Gasteiger partial charge in [0.15, 0.2) is 0 Å². The highest BCUT2D eigenvalue weighted by atomic mass is 32.4. The SMILES string of the molecule is CC(C)(C)[Si](C(C)(C)C)(C(F)(F)F)S(=O)(=O)O. The van der Waals surface area contributed by atoms with Crippen LogP contribution in [0.4, 0.5) is 13.2 Å². The smallest absolute Gasteiger partial charge is 0.291 e. The van der Waals surface area contributed by atoms with E-state index in [9.17, 15) is 26.1 Å². The van der Waals surface area contributed by atoms with Crippen LogP contribution in [0.25, 0.3) is 0 Å². The topological polar surface area (TPSA) is 54.4 Å². The zero-order valence-electron chi connectivity index (χ0n) is 10.8. The van der Waals surface area contributed by atoms with E-state index in [0.29, 0.717) is 0 Å². The van der Waals surface area contributed by atoms with Gasteiger partial charge in [0.05, 0.1) is 0 Å². The lowest BCUT2D eigenvalue weighted by molar-refractivity contribution is -0.0603. The van der Waals surface area contributed by atoms with E-state index < -0.39 is 32.7 Å². The lowest BCUT2D eigenvalue weighted by Gasteiger charge is -2.47. The molecule has 1 N–H and O–H groups in total. The van der Waals surface area contributed by atoms with E-state index >= 15 is 0 Å². The first-order chi connectivity index (χ1) is 7.00. The van der Waals surface area contributed by atoms with Crippen LogP contribution in [0.5, 0.6) is 0 Å². The van der Waals surface area contributed by atoms with Crippen LogP contribution in [0.3, 0.4) is 0 Å². The lowest BCUT2D eigenvalue weighted by Crippen LogP contribution is -2.68. The highest BCUT2D eigenvalue weighted by molar-refractivity contribution is 8.18. The molecule has 0 aliphatic rings. The molecule has 0 aromatic carbocycles. The van der Waals surface area contributed by atoms with E-state index in [2.05, 4.69) is 0 Å². The summed E-state index contributed by atoms with van der Waals surface area (Å²) < 4.78 is 72.4. The molecule has 0 spiro atoms. The van der Waals surface area contributed by atoms with E-state index in [1.54, 1.807) is 0 Å². The first kappa shape index (κ1) is 16.9. The van der Waals surface area contributed by atoms with Crippen LogP contribution in [0.1, 0.15) is 41.5 Å². The van der Waals surface area contributed by atoms with Crippen molar-refractivity contribution in [3.05, 3.63) is 0 Å². The van der Waals surface area contributed by atoms with E-state index in [1.165, 1.54) is 41.5 Å². The largest absolute Gasteiger partial charge is 0.382 e. The summed E-state index contributed by atoms with van der Waals surface area (Å²) in [6.07, 6.45) is 0. The zero-order valence-corrected chi connectivity index (χ0v) is 12.6. The minimum atomic E-state index is -5.19. The van der Waals surface area contributed by atoms with Gasteiger partial charge in [-0.25, -0.2) is 8.42 Å². The quantitative estimate of drug-likeness (QED) is 0.594. The number of alkyl halides is 3. The number of rotatable bonds is 1. The predicted molar refractivity (Wildman–Crippen MR) is 62.8 cm³/mol. The Balaban J connectivity index is 6.60. The second-order valence-electron chi connectivity index (χ2n) is 6.15. The third kappa shape index (κ3) is 2.39. The Labute approximate surface area is 101 Å². The third-order valence-corrected chi connectivity index (χ3v) is 15.4. The van der Waals surface area contributed by atoms with Gasteiger partial charge in [-0.05, 0) is 10.1 Å². The molecule has 0 heterocycles. The van der Waals surface area contributed by atoms with Crippen LogP contribution in [0.2, 0.25) is 10.1 Å². The maximum absolute atomic E-state index is 13.4. The van der Waals surface area contributed by atoms with Gasteiger partial charge in [-0.15, -0.1) is 0 Å². The Bertz CT molecular complexity index is 351. The van der Waals surface area contributed by atoms with Gasteiger partial charge in [0.25, 0.3) is 0 Å². The van der Waals surface area contributed by atoms with Gasteiger partial charge in [0.2, 0.25) is 9.57 Å². The van der Waals surface area contributed by atoms with Crippen molar-refractivity contribution in [2.45, 2.75) is 57.4 Å². The summed E-state index contributed by atoms with van der Waals surface area (Å²) in [6, 6.07) is 0. The molecule has 17 heavy (non-hydrogen) atoms. The van der Waals surface area contributed by atoms with Crippen LogP contribution in [-0.2, 0) is 9.57 Å². The third-order valence-electron chi connectivity index (χ3n) is 2.90. The maximum Gasteiger partial charge on any atom is 0.382 e. The van der Waals surface area contributed by atoms with Crippen LogP contribution in [0, 0.1) is 0 Å². The first-order valence-corrected chi connectivity index (χ1v) is 9.20. The summed E-state index contributed by atoms with van der Waals surface area (Å²) in [4.78, 5) is 0. The number of halogens is 3. The molecule has 0 rings (SSSR count). The van der Waals surface area contributed by atoms with Crippen LogP contribution in [0.15, 0.2) is 0 Å². The van der Waals surface area contributed by atoms with Crippen molar-refractivity contribution in [1.82, 2.24) is 0 Å². The van der Waals surface area contributed by atoms with Crippen molar-refractivity contribution in [3.63, 3.8) is 0 Å². The molecule has 0 aromatic rings. The van der Waals surface area contributed by atoms with E-state index in [-0.39, 0.29) is 0 Å². The molecule has 104 valence electrons. The molecule has 0 amide bonds. The van der Waals surface area contributed by atoms with Crippen LogP contribution in [-0.4, -0.2) is 26.0 Å². The molecule has 0 unspecified atom stereocenters. The molecule has 3 nitrogen and oxygen atoms in total. The molecule has 0 fully saturated rings. The van der Waals surface area contributed by atoms with Gasteiger partial charge in [0.1, 0.15) is 0 Å². The summed E-state index contributed by atoms with van der Waals surface area (Å²) >= 11 is 0. The Morgan fingerprint density at radius 1 is 0.882 bits per heavy atom. The van der Waals surface area contributed by atoms with E-state index in [4.69, 9.17) is 0 Å². The fraction of sp³-hybridized carbons (Fsp3) is 1.00. The molecule has 8 heteroatoms. The molecule has 0 aliphatic carbocycles. The van der Waals surface area contributed by atoms with Gasteiger partial charge in [-0.2, -0.15) is 13.2 Å². The molecule has 0 bridgehead atoms. The van der Waals surface area contributed by atoms with Crippen molar-refractivity contribution >= 4 is 16.8 Å². The molecule has 0 radical (unpaired) electrons. The minimum Gasteiger partial charge on any atom is -0.291 e. The van der Waals surface area contributed by atoms with Crippen molar-refractivity contribution in [1.29, 1.82) is 0 Å². The van der Waals surface area contributed by atoms with Crippen molar-refractivity contribution in [2.75, 3.05) is 0 Å². The van der Waals surface area contributed by atoms with Crippen LogP contribution < -0.4 is 0 Å². The van der Waals surface area contributed by atoms with E-state index in [0.717, 1.165) is 0 Å². The average Bonchev–Trinajstić information content (AvgIpc) is 1.67. The Kier molecular flexibility index (Phi) is 3.94. The summed E-state index contributed by atoms with van der Waals surface area (Å²) in [5, 5.41) is -3.12. The van der Waals surface area contributed by atoms with Gasteiger partial charge in [-0.1, -0.05) is 41.5 Å². The minimum absolute atomic E-state index is 1.21. The van der Waals surface area contributed by atoms with Gasteiger partial charge in [0, 0.05) is 0 Å². The summed E-state index contributed by atoms with van der Waals surface area (Å²) in [7, 11) is -10.3. The summed E-state index contributed by atoms with van der Waals surface area (Å²) in [5.41, 5.74) is 0. The summed E-state index contributed by atoms with van der Waals surface area (Å²) in [5.74, 6) is -4.93. The highest BCUT2D eigenvalue weighted by Gasteiger charge is 2.78. The standard InChI is InChI=1S/C9H19F3O3SSi/c1-7(2,3)17(8(4,5)6,9(10,11)12)16(13,14)15/h1-6H3,(H,13,14,15). The molecule has 0 atom stereocenters. The lowest BCUT2D eigenvalue weighted by atomic mass is 10.2. The fourth-order valence-electron chi connectivity index (χ4n) is 2.90. The van der Waals surface area contributed by atoms with Gasteiger partial charge < -0.3 is 0 Å². The Morgan fingerprint density at radius 2 is 1.12 bits per heavy atom. The molecule has 0 aliphatic heterocycles. The first-order valence-electron chi connectivity index (χ1n) is 5.04. The predicted octanol–water partition coefficient (Wildman–Crippen LogP) is 3.52. The molecule has 0 saturated heterocycles. The normalized spacial score (nSPS) is 16.1. The van der Waals surface area contributed by atoms with Gasteiger partial charge in [-0.3, -0.25) is 4.55 Å². The average molecular weight is 292 g/mol. The highest BCUT2D eigenvalue weighted by Crippen LogP contribution is 2.60. The maximum atomic E-state index is 13.4. The Hall–Kier alpha value is -0.0831. The molecular formula is C9H19F3O3SSi. The Morgan fingerprint density at radius 3 is 1.12 bits per heavy atom. The van der Waals surface area contributed by atoms with Gasteiger partial charge >= 0.3 is 13.0 Å². The van der Waals surface area contributed by atoms with E-state index in [1.807, 2.05) is 0 Å². The van der Waals surface area contributed by atoms with Crippen molar-refractivity contribution < 1.29 is 26.1 Å². The second-order valence-corrected chi connectivity index (χ2v) is 15.4. The molecule has 0 saturated carbocycles. The van der Waals surface area contributed by atoms with Crippen LogP contribution >= 0.6 is 0 Å². The second kappa shape index (κ2) is 3.96. The molecular weight excluding hydrogens is 273 g/mol. The zero-order chi connectivity index (χ0) is 14.5. The monoisotopic (exact) mass is 292 g/mol. The summed E-state index contributed by atoms with van der Waals surface area (Å²) in [6.45, 7) is 7.28.